The molecular weight excluding hydrogens is 260 g/mol. The van der Waals surface area contributed by atoms with E-state index in [1.165, 1.54) is 0 Å². The van der Waals surface area contributed by atoms with Gasteiger partial charge in [0.2, 0.25) is 0 Å². The smallest absolute Gasteiger partial charge is 0.330 e. The molecule has 2 atom stereocenters. The SMILES string of the molecule is NCCC[C@@H](N)C(=O)OC(=O)[C@@H](N)Cc1ccccn1. The maximum absolute atomic E-state index is 11.7. The fourth-order valence-corrected chi connectivity index (χ4v) is 1.53. The number of carbonyl (C=O) groups is 2. The Bertz CT molecular complexity index is 439. The molecule has 1 rings (SSSR count). The van der Waals surface area contributed by atoms with Crippen molar-refractivity contribution < 1.29 is 14.3 Å². The van der Waals surface area contributed by atoms with E-state index in [1.807, 2.05) is 0 Å². The molecule has 1 aromatic rings. The number of nitrogens with zero attached hydrogens (tertiary/aromatic N) is 1. The average Bonchev–Trinajstić information content (AvgIpc) is 2.45. The second-order valence-corrected chi connectivity index (χ2v) is 4.41. The molecule has 0 aliphatic carbocycles. The van der Waals surface area contributed by atoms with Gasteiger partial charge in [0, 0.05) is 18.3 Å². The first-order chi connectivity index (χ1) is 9.54. The molecule has 0 aliphatic rings. The van der Waals surface area contributed by atoms with Gasteiger partial charge in [-0.1, -0.05) is 6.07 Å². The second kappa shape index (κ2) is 8.36. The summed E-state index contributed by atoms with van der Waals surface area (Å²) in [5, 5.41) is 0. The van der Waals surface area contributed by atoms with Crippen LogP contribution in [0, 0.1) is 0 Å². The van der Waals surface area contributed by atoms with Gasteiger partial charge < -0.3 is 21.9 Å². The van der Waals surface area contributed by atoms with E-state index < -0.39 is 24.0 Å². The van der Waals surface area contributed by atoms with Crippen molar-refractivity contribution in [3.8, 4) is 0 Å². The number of rotatable bonds is 7. The van der Waals surface area contributed by atoms with Crippen molar-refractivity contribution in [3.63, 3.8) is 0 Å². The van der Waals surface area contributed by atoms with Crippen LogP contribution in [0.1, 0.15) is 18.5 Å². The summed E-state index contributed by atoms with van der Waals surface area (Å²) in [5.41, 5.74) is 17.2. The molecule has 0 saturated heterocycles. The third-order valence-corrected chi connectivity index (χ3v) is 2.68. The van der Waals surface area contributed by atoms with Crippen molar-refractivity contribution in [3.05, 3.63) is 30.1 Å². The van der Waals surface area contributed by atoms with Gasteiger partial charge in [0.1, 0.15) is 12.1 Å². The molecule has 0 fully saturated rings. The second-order valence-electron chi connectivity index (χ2n) is 4.41. The molecule has 1 aromatic heterocycles. The summed E-state index contributed by atoms with van der Waals surface area (Å²) in [5.74, 6) is -1.58. The Labute approximate surface area is 117 Å². The Balaban J connectivity index is 2.43. The van der Waals surface area contributed by atoms with Crippen LogP contribution in [0.15, 0.2) is 24.4 Å². The number of esters is 2. The fraction of sp³-hybridized carbons (Fsp3) is 0.462. The average molecular weight is 280 g/mol. The van der Waals surface area contributed by atoms with Gasteiger partial charge in [-0.3, -0.25) is 4.98 Å². The zero-order valence-electron chi connectivity index (χ0n) is 11.2. The number of carbonyl (C=O) groups excluding carboxylic acids is 2. The molecule has 0 spiro atoms. The lowest BCUT2D eigenvalue weighted by molar-refractivity contribution is -0.161. The van der Waals surface area contributed by atoms with Crippen molar-refractivity contribution in [1.82, 2.24) is 4.98 Å². The molecule has 1 heterocycles. The Morgan fingerprint density at radius 1 is 1.20 bits per heavy atom. The molecule has 0 unspecified atom stereocenters. The molecule has 0 amide bonds. The normalized spacial score (nSPS) is 13.6. The van der Waals surface area contributed by atoms with Crippen LogP contribution >= 0.6 is 0 Å². The van der Waals surface area contributed by atoms with E-state index in [0.717, 1.165) is 0 Å². The van der Waals surface area contributed by atoms with Crippen molar-refractivity contribution in [2.75, 3.05) is 6.54 Å². The number of ether oxygens (including phenoxy) is 1. The molecule has 0 aliphatic heterocycles. The molecule has 0 saturated carbocycles. The largest absolute Gasteiger partial charge is 0.391 e. The van der Waals surface area contributed by atoms with Gasteiger partial charge in [-0.2, -0.15) is 0 Å². The van der Waals surface area contributed by atoms with Crippen LogP contribution in [0.3, 0.4) is 0 Å². The van der Waals surface area contributed by atoms with Crippen LogP contribution in [0.5, 0.6) is 0 Å². The van der Waals surface area contributed by atoms with Gasteiger partial charge in [0.25, 0.3) is 0 Å². The topological polar surface area (TPSA) is 134 Å². The first kappa shape index (κ1) is 16.2. The van der Waals surface area contributed by atoms with E-state index in [-0.39, 0.29) is 6.42 Å². The van der Waals surface area contributed by atoms with E-state index >= 15 is 0 Å². The first-order valence-electron chi connectivity index (χ1n) is 6.41. The Morgan fingerprint density at radius 3 is 2.50 bits per heavy atom. The van der Waals surface area contributed by atoms with Crippen LogP contribution in [0.4, 0.5) is 0 Å². The van der Waals surface area contributed by atoms with E-state index in [9.17, 15) is 9.59 Å². The van der Waals surface area contributed by atoms with Gasteiger partial charge in [-0.05, 0) is 31.5 Å². The highest BCUT2D eigenvalue weighted by atomic mass is 16.6. The zero-order chi connectivity index (χ0) is 15.0. The minimum Gasteiger partial charge on any atom is -0.391 e. The summed E-state index contributed by atoms with van der Waals surface area (Å²) in [6.07, 6.45) is 2.76. The van der Waals surface area contributed by atoms with Crippen LogP contribution in [0.2, 0.25) is 0 Å². The van der Waals surface area contributed by atoms with Crippen LogP contribution in [0.25, 0.3) is 0 Å². The highest BCUT2D eigenvalue weighted by molar-refractivity contribution is 5.90. The Kier molecular flexibility index (Phi) is 6.78. The summed E-state index contributed by atoms with van der Waals surface area (Å²) in [6, 6.07) is 3.48. The summed E-state index contributed by atoms with van der Waals surface area (Å²) in [7, 11) is 0. The predicted molar refractivity (Wildman–Crippen MR) is 73.3 cm³/mol. The maximum atomic E-state index is 11.7. The van der Waals surface area contributed by atoms with Crippen LogP contribution < -0.4 is 17.2 Å². The van der Waals surface area contributed by atoms with Crippen molar-refractivity contribution in [2.45, 2.75) is 31.3 Å². The number of hydrogen-bond donors (Lipinski definition) is 3. The maximum Gasteiger partial charge on any atom is 0.330 e. The third-order valence-electron chi connectivity index (χ3n) is 2.68. The number of aromatic nitrogens is 1. The minimum absolute atomic E-state index is 0.199. The van der Waals surface area contributed by atoms with Crippen molar-refractivity contribution >= 4 is 11.9 Å². The predicted octanol–water partition coefficient (Wildman–Crippen LogP) is -0.913. The lowest BCUT2D eigenvalue weighted by atomic mass is 10.1. The fourth-order valence-electron chi connectivity index (χ4n) is 1.53. The Hall–Kier alpha value is -1.83. The van der Waals surface area contributed by atoms with E-state index in [0.29, 0.717) is 25.1 Å². The highest BCUT2D eigenvalue weighted by Crippen LogP contribution is 2.02. The molecule has 7 nitrogen and oxygen atoms in total. The molecule has 7 heteroatoms. The summed E-state index contributed by atoms with van der Waals surface area (Å²) in [4.78, 5) is 27.2. The lowest BCUT2D eigenvalue weighted by Crippen LogP contribution is -2.40. The van der Waals surface area contributed by atoms with Gasteiger partial charge in [-0.15, -0.1) is 0 Å². The standard InChI is InChI=1S/C13H20N4O3/c14-6-3-5-10(15)12(18)20-13(19)11(16)8-9-4-1-2-7-17-9/h1-2,4,7,10-11H,3,5-6,8,14-16H2/t10-,11+/m1/s1. The summed E-state index contributed by atoms with van der Waals surface area (Å²) >= 11 is 0. The van der Waals surface area contributed by atoms with E-state index in [4.69, 9.17) is 17.2 Å². The molecule has 20 heavy (non-hydrogen) atoms. The first-order valence-corrected chi connectivity index (χ1v) is 6.41. The number of hydrogen-bond acceptors (Lipinski definition) is 7. The lowest BCUT2D eigenvalue weighted by Gasteiger charge is -2.13. The molecule has 0 aromatic carbocycles. The summed E-state index contributed by atoms with van der Waals surface area (Å²) in [6.45, 7) is 0.425. The molecular formula is C13H20N4O3. The molecule has 0 bridgehead atoms. The van der Waals surface area contributed by atoms with Gasteiger partial charge >= 0.3 is 11.9 Å². The monoisotopic (exact) mass is 280 g/mol. The zero-order valence-corrected chi connectivity index (χ0v) is 11.2. The van der Waals surface area contributed by atoms with Crippen LogP contribution in [-0.2, 0) is 20.7 Å². The van der Waals surface area contributed by atoms with Crippen molar-refractivity contribution in [2.24, 2.45) is 17.2 Å². The van der Waals surface area contributed by atoms with Crippen LogP contribution in [-0.4, -0.2) is 35.6 Å². The third kappa shape index (κ3) is 5.43. The summed E-state index contributed by atoms with van der Waals surface area (Å²) < 4.78 is 4.65. The quantitative estimate of drug-likeness (QED) is 0.434. The van der Waals surface area contributed by atoms with Gasteiger partial charge in [0.05, 0.1) is 0 Å². The minimum atomic E-state index is -0.949. The highest BCUT2D eigenvalue weighted by Gasteiger charge is 2.23. The molecule has 0 radical (unpaired) electrons. The van der Waals surface area contributed by atoms with Gasteiger partial charge in [0.15, 0.2) is 0 Å². The molecule has 110 valence electrons. The number of pyridine rings is 1. The van der Waals surface area contributed by atoms with E-state index in [1.54, 1.807) is 24.4 Å². The molecule has 6 N–H and O–H groups in total. The van der Waals surface area contributed by atoms with Crippen molar-refractivity contribution in [1.29, 1.82) is 0 Å². The van der Waals surface area contributed by atoms with Gasteiger partial charge in [-0.25, -0.2) is 9.59 Å². The van der Waals surface area contributed by atoms with E-state index in [2.05, 4.69) is 9.72 Å². The Morgan fingerprint density at radius 2 is 1.90 bits per heavy atom. The number of nitrogens with two attached hydrogens (primary N) is 3.